The summed E-state index contributed by atoms with van der Waals surface area (Å²) in [5, 5.41) is 3.08. The predicted molar refractivity (Wildman–Crippen MR) is 85.0 cm³/mol. The van der Waals surface area contributed by atoms with Crippen LogP contribution in [0.5, 0.6) is 0 Å². The fraction of sp³-hybridized carbons (Fsp3) is 0.529. The summed E-state index contributed by atoms with van der Waals surface area (Å²) >= 11 is 0. The van der Waals surface area contributed by atoms with Gasteiger partial charge in [0.1, 0.15) is 0 Å². The summed E-state index contributed by atoms with van der Waals surface area (Å²) in [6.07, 6.45) is 3.15. The van der Waals surface area contributed by atoms with Crippen molar-refractivity contribution < 1.29 is 14.3 Å². The predicted octanol–water partition coefficient (Wildman–Crippen LogP) is 2.08. The zero-order valence-corrected chi connectivity index (χ0v) is 13.3. The molecule has 5 heteroatoms. The molecule has 0 spiro atoms. The lowest BCUT2D eigenvalue weighted by Crippen LogP contribution is -2.44. The number of piperidine rings is 1. The average molecular weight is 304 g/mol. The molecule has 0 saturated carbocycles. The summed E-state index contributed by atoms with van der Waals surface area (Å²) in [5.41, 5.74) is 1.02. The van der Waals surface area contributed by atoms with Gasteiger partial charge in [-0.05, 0) is 50.1 Å². The highest BCUT2D eigenvalue weighted by atomic mass is 16.5. The van der Waals surface area contributed by atoms with Gasteiger partial charge in [-0.2, -0.15) is 0 Å². The van der Waals surface area contributed by atoms with Gasteiger partial charge in [-0.25, -0.2) is 4.79 Å². The minimum absolute atomic E-state index is 0.0784. The van der Waals surface area contributed by atoms with Crippen LogP contribution < -0.4 is 5.32 Å². The Balaban J connectivity index is 1.86. The number of hydrogen-bond donors (Lipinski definition) is 1. The zero-order valence-electron chi connectivity index (χ0n) is 13.3. The zero-order chi connectivity index (χ0) is 15.9. The molecule has 1 aromatic rings. The smallest absolute Gasteiger partial charge is 0.337 e. The van der Waals surface area contributed by atoms with Crippen molar-refractivity contribution in [2.24, 2.45) is 0 Å². The normalized spacial score (nSPS) is 16.3. The molecule has 1 aliphatic rings. The van der Waals surface area contributed by atoms with Gasteiger partial charge in [0, 0.05) is 24.7 Å². The largest absolute Gasteiger partial charge is 0.465 e. The molecule has 2 rings (SSSR count). The number of carbonyl (C=O) groups excluding carboxylic acids is 2. The first-order valence-corrected chi connectivity index (χ1v) is 7.85. The van der Waals surface area contributed by atoms with E-state index >= 15 is 0 Å². The van der Waals surface area contributed by atoms with Gasteiger partial charge in [-0.1, -0.05) is 6.92 Å². The van der Waals surface area contributed by atoms with Crippen molar-refractivity contribution in [3.63, 3.8) is 0 Å². The van der Waals surface area contributed by atoms with E-state index in [-0.39, 0.29) is 11.9 Å². The van der Waals surface area contributed by atoms with E-state index < -0.39 is 5.97 Å². The first kappa shape index (κ1) is 16.5. The Hall–Kier alpha value is -1.88. The van der Waals surface area contributed by atoms with Crippen molar-refractivity contribution >= 4 is 11.9 Å². The van der Waals surface area contributed by atoms with Crippen molar-refractivity contribution in [2.75, 3.05) is 26.7 Å². The number of benzene rings is 1. The van der Waals surface area contributed by atoms with Gasteiger partial charge < -0.3 is 15.0 Å². The summed E-state index contributed by atoms with van der Waals surface area (Å²) in [7, 11) is 1.34. The van der Waals surface area contributed by atoms with Crippen molar-refractivity contribution in [1.82, 2.24) is 10.2 Å². The maximum absolute atomic E-state index is 12.2. The van der Waals surface area contributed by atoms with Gasteiger partial charge in [0.25, 0.3) is 5.91 Å². The number of amides is 1. The first-order valence-electron chi connectivity index (χ1n) is 7.85. The Labute approximate surface area is 131 Å². The monoisotopic (exact) mass is 304 g/mol. The van der Waals surface area contributed by atoms with Crippen LogP contribution in [0.2, 0.25) is 0 Å². The standard InChI is InChI=1S/C17H24N2O3/c1-3-10-19-11-8-15(9-12-19)18-16(20)13-4-6-14(7-5-13)17(21)22-2/h4-7,15H,3,8-12H2,1-2H3,(H,18,20). The Bertz CT molecular complexity index is 505. The molecular formula is C17H24N2O3. The fourth-order valence-electron chi connectivity index (χ4n) is 2.76. The molecular weight excluding hydrogens is 280 g/mol. The fourth-order valence-corrected chi connectivity index (χ4v) is 2.76. The number of carbonyl (C=O) groups is 2. The van der Waals surface area contributed by atoms with Crippen molar-refractivity contribution in [1.29, 1.82) is 0 Å². The van der Waals surface area contributed by atoms with Gasteiger partial charge in [0.2, 0.25) is 0 Å². The first-order chi connectivity index (χ1) is 10.6. The molecule has 0 radical (unpaired) electrons. The highest BCUT2D eigenvalue weighted by Crippen LogP contribution is 2.12. The second-order valence-electron chi connectivity index (χ2n) is 5.66. The van der Waals surface area contributed by atoms with Gasteiger partial charge in [-0.15, -0.1) is 0 Å². The Morgan fingerprint density at radius 1 is 1.18 bits per heavy atom. The van der Waals surface area contributed by atoms with Crippen LogP contribution >= 0.6 is 0 Å². The highest BCUT2D eigenvalue weighted by Gasteiger charge is 2.20. The molecule has 1 heterocycles. The molecule has 5 nitrogen and oxygen atoms in total. The van der Waals surface area contributed by atoms with E-state index in [9.17, 15) is 9.59 Å². The number of nitrogens with zero attached hydrogens (tertiary/aromatic N) is 1. The van der Waals surface area contributed by atoms with E-state index in [0.29, 0.717) is 11.1 Å². The number of rotatable bonds is 5. The molecule has 1 saturated heterocycles. The molecule has 1 amide bonds. The van der Waals surface area contributed by atoms with Crippen LogP contribution in [-0.2, 0) is 4.74 Å². The molecule has 0 aromatic heterocycles. The minimum Gasteiger partial charge on any atom is -0.465 e. The van der Waals surface area contributed by atoms with Crippen LogP contribution in [0.15, 0.2) is 24.3 Å². The molecule has 0 aliphatic carbocycles. The molecule has 0 atom stereocenters. The summed E-state index contributed by atoms with van der Waals surface area (Å²) in [6, 6.07) is 6.79. The van der Waals surface area contributed by atoms with Crippen LogP contribution in [-0.4, -0.2) is 49.6 Å². The SMILES string of the molecule is CCCN1CCC(NC(=O)c2ccc(C(=O)OC)cc2)CC1. The van der Waals surface area contributed by atoms with Crippen molar-refractivity contribution in [3.8, 4) is 0 Å². The molecule has 0 bridgehead atoms. The van der Waals surface area contributed by atoms with Crippen LogP contribution in [0.1, 0.15) is 46.9 Å². The molecule has 1 aromatic carbocycles. The maximum atomic E-state index is 12.2. The summed E-state index contributed by atoms with van der Waals surface area (Å²) in [4.78, 5) is 26.0. The van der Waals surface area contributed by atoms with E-state index in [1.807, 2.05) is 0 Å². The summed E-state index contributed by atoms with van der Waals surface area (Å²) < 4.78 is 4.64. The number of hydrogen-bond acceptors (Lipinski definition) is 4. The lowest BCUT2D eigenvalue weighted by Gasteiger charge is -2.32. The van der Waals surface area contributed by atoms with Crippen LogP contribution in [0, 0.1) is 0 Å². The number of nitrogens with one attached hydrogen (secondary N) is 1. The molecule has 1 fully saturated rings. The second kappa shape index (κ2) is 7.94. The third kappa shape index (κ3) is 4.31. The van der Waals surface area contributed by atoms with Crippen molar-refractivity contribution in [2.45, 2.75) is 32.2 Å². The quantitative estimate of drug-likeness (QED) is 0.846. The van der Waals surface area contributed by atoms with Gasteiger partial charge in [0.15, 0.2) is 0 Å². The van der Waals surface area contributed by atoms with Gasteiger partial charge >= 0.3 is 5.97 Å². The lowest BCUT2D eigenvalue weighted by molar-refractivity contribution is 0.0600. The number of esters is 1. The van der Waals surface area contributed by atoms with Crippen LogP contribution in [0.3, 0.4) is 0 Å². The third-order valence-corrected chi connectivity index (χ3v) is 4.03. The summed E-state index contributed by atoms with van der Waals surface area (Å²) in [5.74, 6) is -0.472. The molecule has 22 heavy (non-hydrogen) atoms. The highest BCUT2D eigenvalue weighted by molar-refractivity contribution is 5.96. The van der Waals surface area contributed by atoms with Crippen LogP contribution in [0.4, 0.5) is 0 Å². The summed E-state index contributed by atoms with van der Waals surface area (Å²) in [6.45, 7) is 5.40. The van der Waals surface area contributed by atoms with E-state index in [1.54, 1.807) is 24.3 Å². The van der Waals surface area contributed by atoms with E-state index in [1.165, 1.54) is 13.5 Å². The van der Waals surface area contributed by atoms with E-state index in [0.717, 1.165) is 32.5 Å². The average Bonchev–Trinajstić information content (AvgIpc) is 2.56. The Morgan fingerprint density at radius 3 is 2.32 bits per heavy atom. The number of methoxy groups -OCH3 is 1. The Kier molecular flexibility index (Phi) is 5.95. The number of ether oxygens (including phenoxy) is 1. The molecule has 0 unspecified atom stereocenters. The van der Waals surface area contributed by atoms with E-state index in [4.69, 9.17) is 0 Å². The van der Waals surface area contributed by atoms with Gasteiger partial charge in [-0.3, -0.25) is 4.79 Å². The lowest BCUT2D eigenvalue weighted by atomic mass is 10.0. The number of likely N-dealkylation sites (tertiary alicyclic amines) is 1. The Morgan fingerprint density at radius 2 is 1.77 bits per heavy atom. The van der Waals surface area contributed by atoms with Gasteiger partial charge in [0.05, 0.1) is 12.7 Å². The molecule has 120 valence electrons. The maximum Gasteiger partial charge on any atom is 0.337 e. The third-order valence-electron chi connectivity index (χ3n) is 4.03. The molecule has 1 aliphatic heterocycles. The van der Waals surface area contributed by atoms with E-state index in [2.05, 4.69) is 21.9 Å². The molecule has 1 N–H and O–H groups in total. The minimum atomic E-state index is -0.393. The second-order valence-corrected chi connectivity index (χ2v) is 5.66. The topological polar surface area (TPSA) is 58.6 Å². The van der Waals surface area contributed by atoms with Crippen molar-refractivity contribution in [3.05, 3.63) is 35.4 Å². The van der Waals surface area contributed by atoms with Crippen LogP contribution in [0.25, 0.3) is 0 Å².